The van der Waals surface area contributed by atoms with Crippen molar-refractivity contribution in [2.24, 2.45) is 0 Å². The molecule has 1 amide bonds. The summed E-state index contributed by atoms with van der Waals surface area (Å²) >= 11 is 0. The van der Waals surface area contributed by atoms with Gasteiger partial charge in [-0.1, -0.05) is 18.2 Å². The van der Waals surface area contributed by atoms with Gasteiger partial charge in [-0.2, -0.15) is 10.2 Å². The van der Waals surface area contributed by atoms with E-state index in [9.17, 15) is 9.59 Å². The molecule has 2 heterocycles. The second-order valence-electron chi connectivity index (χ2n) is 7.16. The zero-order valence-corrected chi connectivity index (χ0v) is 17.9. The van der Waals surface area contributed by atoms with Gasteiger partial charge in [-0.15, -0.1) is 0 Å². The van der Waals surface area contributed by atoms with E-state index in [0.29, 0.717) is 11.3 Å². The number of carbonyl (C=O) groups excluding carboxylic acids is 1. The number of hydrogen-bond acceptors (Lipinski definition) is 5. The zero-order valence-electron chi connectivity index (χ0n) is 17.9. The molecule has 0 bridgehead atoms. The van der Waals surface area contributed by atoms with Crippen LogP contribution in [-0.2, 0) is 6.54 Å². The Kier molecular flexibility index (Phi) is 6.12. The summed E-state index contributed by atoms with van der Waals surface area (Å²) in [4.78, 5) is 24.9. The average Bonchev–Trinajstić information content (AvgIpc) is 3.22. The SMILES string of the molecule is COc1ccc(-c2ccc(=O)n(CCNC(=O)c3cnn(-c4ccccc4)c3C)n2)cc1. The molecular formula is C24H23N5O3. The molecule has 2 aromatic carbocycles. The summed E-state index contributed by atoms with van der Waals surface area (Å²) in [7, 11) is 1.61. The first kappa shape index (κ1) is 21.0. The van der Waals surface area contributed by atoms with Crippen LogP contribution in [0.4, 0.5) is 0 Å². The number of nitrogens with one attached hydrogen (secondary N) is 1. The molecule has 0 aliphatic heterocycles. The Bertz CT molecular complexity index is 1280. The summed E-state index contributed by atoms with van der Waals surface area (Å²) in [6.45, 7) is 2.35. The molecule has 0 radical (unpaired) electrons. The smallest absolute Gasteiger partial charge is 0.266 e. The summed E-state index contributed by atoms with van der Waals surface area (Å²) in [5.41, 5.74) is 3.41. The van der Waals surface area contributed by atoms with E-state index in [-0.39, 0.29) is 24.6 Å². The largest absolute Gasteiger partial charge is 0.497 e. The molecule has 8 nitrogen and oxygen atoms in total. The molecule has 0 aliphatic carbocycles. The molecule has 0 unspecified atom stereocenters. The summed E-state index contributed by atoms with van der Waals surface area (Å²) < 4.78 is 8.24. The lowest BCUT2D eigenvalue weighted by Gasteiger charge is -2.09. The van der Waals surface area contributed by atoms with Crippen molar-refractivity contribution in [3.05, 3.63) is 94.5 Å². The molecule has 4 aromatic rings. The highest BCUT2D eigenvalue weighted by Crippen LogP contribution is 2.19. The van der Waals surface area contributed by atoms with Gasteiger partial charge in [-0.3, -0.25) is 9.59 Å². The summed E-state index contributed by atoms with van der Waals surface area (Å²) in [5.74, 6) is 0.500. The third kappa shape index (κ3) is 4.44. The van der Waals surface area contributed by atoms with E-state index in [0.717, 1.165) is 22.7 Å². The Labute approximate surface area is 185 Å². The minimum atomic E-state index is -0.246. The van der Waals surface area contributed by atoms with Gasteiger partial charge >= 0.3 is 0 Å². The lowest BCUT2D eigenvalue weighted by Crippen LogP contribution is -2.32. The molecule has 0 saturated heterocycles. The third-order valence-electron chi connectivity index (χ3n) is 5.12. The van der Waals surface area contributed by atoms with E-state index in [1.54, 1.807) is 24.1 Å². The van der Waals surface area contributed by atoms with Crippen molar-refractivity contribution in [2.45, 2.75) is 13.5 Å². The van der Waals surface area contributed by atoms with Crippen LogP contribution in [0.15, 0.2) is 77.7 Å². The molecular weight excluding hydrogens is 406 g/mol. The van der Waals surface area contributed by atoms with Crippen LogP contribution in [0.1, 0.15) is 16.1 Å². The summed E-state index contributed by atoms with van der Waals surface area (Å²) in [5, 5.41) is 11.6. The molecule has 2 aromatic heterocycles. The number of ether oxygens (including phenoxy) is 1. The number of benzene rings is 2. The van der Waals surface area contributed by atoms with Crippen LogP contribution in [0.3, 0.4) is 0 Å². The van der Waals surface area contributed by atoms with Gasteiger partial charge in [0.2, 0.25) is 0 Å². The first-order valence-corrected chi connectivity index (χ1v) is 10.2. The average molecular weight is 429 g/mol. The van der Waals surface area contributed by atoms with Gasteiger partial charge in [-0.05, 0) is 49.4 Å². The van der Waals surface area contributed by atoms with Crippen LogP contribution in [-0.4, -0.2) is 39.1 Å². The maximum Gasteiger partial charge on any atom is 0.266 e. The van der Waals surface area contributed by atoms with Crippen LogP contribution >= 0.6 is 0 Å². The third-order valence-corrected chi connectivity index (χ3v) is 5.12. The number of methoxy groups -OCH3 is 1. The number of amides is 1. The van der Waals surface area contributed by atoms with Crippen molar-refractivity contribution in [3.8, 4) is 22.7 Å². The van der Waals surface area contributed by atoms with Gasteiger partial charge in [-0.25, -0.2) is 9.36 Å². The first-order chi connectivity index (χ1) is 15.6. The Balaban J connectivity index is 1.43. The number of hydrogen-bond donors (Lipinski definition) is 1. The molecule has 0 aliphatic rings. The molecule has 0 fully saturated rings. The Morgan fingerprint density at radius 2 is 1.78 bits per heavy atom. The van der Waals surface area contributed by atoms with Crippen LogP contribution in [0.25, 0.3) is 16.9 Å². The lowest BCUT2D eigenvalue weighted by molar-refractivity contribution is 0.0951. The Hall–Kier alpha value is -4.20. The summed E-state index contributed by atoms with van der Waals surface area (Å²) in [6, 6.07) is 20.2. The van der Waals surface area contributed by atoms with E-state index >= 15 is 0 Å². The molecule has 0 spiro atoms. The van der Waals surface area contributed by atoms with E-state index in [1.165, 1.54) is 10.7 Å². The second-order valence-corrected chi connectivity index (χ2v) is 7.16. The molecule has 8 heteroatoms. The number of rotatable bonds is 7. The number of nitrogens with zero attached hydrogens (tertiary/aromatic N) is 4. The van der Waals surface area contributed by atoms with E-state index in [1.807, 2.05) is 61.5 Å². The predicted octanol–water partition coefficient (Wildman–Crippen LogP) is 2.84. The zero-order chi connectivity index (χ0) is 22.5. The molecule has 0 saturated carbocycles. The van der Waals surface area contributed by atoms with Gasteiger partial charge in [0.05, 0.1) is 42.5 Å². The fraction of sp³-hybridized carbons (Fsp3) is 0.167. The maximum absolute atomic E-state index is 12.7. The number of aromatic nitrogens is 4. The second kappa shape index (κ2) is 9.30. The van der Waals surface area contributed by atoms with Crippen molar-refractivity contribution in [1.29, 1.82) is 0 Å². The van der Waals surface area contributed by atoms with Crippen molar-refractivity contribution < 1.29 is 9.53 Å². The van der Waals surface area contributed by atoms with Gasteiger partial charge in [0.25, 0.3) is 11.5 Å². The van der Waals surface area contributed by atoms with Crippen LogP contribution < -0.4 is 15.6 Å². The minimum absolute atomic E-state index is 0.232. The monoisotopic (exact) mass is 429 g/mol. The van der Waals surface area contributed by atoms with E-state index in [4.69, 9.17) is 4.74 Å². The summed E-state index contributed by atoms with van der Waals surface area (Å²) in [6.07, 6.45) is 1.55. The van der Waals surface area contributed by atoms with Crippen LogP contribution in [0, 0.1) is 6.92 Å². The minimum Gasteiger partial charge on any atom is -0.497 e. The van der Waals surface area contributed by atoms with Crippen molar-refractivity contribution >= 4 is 5.91 Å². The quantitative estimate of drug-likeness (QED) is 0.488. The highest BCUT2D eigenvalue weighted by molar-refractivity contribution is 5.95. The Morgan fingerprint density at radius 3 is 2.50 bits per heavy atom. The van der Waals surface area contributed by atoms with Gasteiger partial charge in [0.1, 0.15) is 5.75 Å². The van der Waals surface area contributed by atoms with E-state index in [2.05, 4.69) is 15.5 Å². The first-order valence-electron chi connectivity index (χ1n) is 10.2. The van der Waals surface area contributed by atoms with Crippen molar-refractivity contribution in [2.75, 3.05) is 13.7 Å². The standard InChI is InChI=1S/C24H23N5O3/c1-17-21(16-26-29(17)19-6-4-3-5-7-19)24(31)25-14-15-28-23(30)13-12-22(27-28)18-8-10-20(32-2)11-9-18/h3-13,16H,14-15H2,1-2H3,(H,25,31). The molecule has 4 rings (SSSR count). The highest BCUT2D eigenvalue weighted by atomic mass is 16.5. The Morgan fingerprint density at radius 1 is 1.03 bits per heavy atom. The van der Waals surface area contributed by atoms with Crippen LogP contribution in [0.2, 0.25) is 0 Å². The van der Waals surface area contributed by atoms with Gasteiger partial charge in [0, 0.05) is 18.2 Å². The molecule has 0 atom stereocenters. The fourth-order valence-corrected chi connectivity index (χ4v) is 3.36. The topological polar surface area (TPSA) is 91.0 Å². The van der Waals surface area contributed by atoms with Crippen molar-refractivity contribution in [3.63, 3.8) is 0 Å². The number of carbonyl (C=O) groups is 1. The molecule has 32 heavy (non-hydrogen) atoms. The maximum atomic E-state index is 12.7. The fourth-order valence-electron chi connectivity index (χ4n) is 3.36. The predicted molar refractivity (Wildman–Crippen MR) is 121 cm³/mol. The van der Waals surface area contributed by atoms with E-state index < -0.39 is 0 Å². The number of para-hydroxylation sites is 1. The molecule has 1 N–H and O–H groups in total. The van der Waals surface area contributed by atoms with Crippen molar-refractivity contribution in [1.82, 2.24) is 24.9 Å². The van der Waals surface area contributed by atoms with Crippen LogP contribution in [0.5, 0.6) is 5.75 Å². The lowest BCUT2D eigenvalue weighted by atomic mass is 10.1. The normalized spacial score (nSPS) is 10.7. The molecule has 162 valence electrons. The van der Waals surface area contributed by atoms with Gasteiger partial charge < -0.3 is 10.1 Å². The highest BCUT2D eigenvalue weighted by Gasteiger charge is 2.15. The van der Waals surface area contributed by atoms with Gasteiger partial charge in [0.15, 0.2) is 0 Å².